The summed E-state index contributed by atoms with van der Waals surface area (Å²) in [6.07, 6.45) is 9.66. The largest absolute Gasteiger partial charge is 0.264 e. The molecule has 3 nitrogen and oxygen atoms in total. The fourth-order valence-corrected chi connectivity index (χ4v) is 4.90. The van der Waals surface area contributed by atoms with Gasteiger partial charge in [0.15, 0.2) is 0 Å². The topological polar surface area (TPSA) is 38.7 Å². The van der Waals surface area contributed by atoms with Gasteiger partial charge in [0, 0.05) is 42.1 Å². The van der Waals surface area contributed by atoms with Gasteiger partial charge in [-0.15, -0.1) is 0 Å². The van der Waals surface area contributed by atoms with Gasteiger partial charge in [-0.1, -0.05) is 131 Å². The summed E-state index contributed by atoms with van der Waals surface area (Å²) in [4.78, 5) is 13.0. The molecule has 0 saturated carbocycles. The summed E-state index contributed by atoms with van der Waals surface area (Å²) in [6.45, 7) is 40.2. The average Bonchev–Trinajstić information content (AvgIpc) is 2.82. The number of rotatable bonds is 0. The van der Waals surface area contributed by atoms with Gasteiger partial charge in [0.2, 0.25) is 0 Å². The first-order valence-electron chi connectivity index (χ1n) is 15.5. The molecule has 3 aromatic heterocycles. The fourth-order valence-electron chi connectivity index (χ4n) is 4.90. The summed E-state index contributed by atoms with van der Waals surface area (Å²) in [6, 6.07) is 8.49. The zero-order valence-electron chi connectivity index (χ0n) is 30.5. The highest BCUT2D eigenvalue weighted by Gasteiger charge is 2.27. The van der Waals surface area contributed by atoms with Crippen molar-refractivity contribution in [1.29, 1.82) is 0 Å². The predicted molar refractivity (Wildman–Crippen MR) is 185 cm³/mol. The van der Waals surface area contributed by atoms with E-state index in [4.69, 9.17) is 0 Å². The van der Waals surface area contributed by atoms with E-state index in [0.29, 0.717) is 0 Å². The molecule has 3 aromatic rings. The van der Waals surface area contributed by atoms with Crippen LogP contribution in [0.25, 0.3) is 0 Å². The zero-order valence-corrected chi connectivity index (χ0v) is 30.5. The molecular weight excluding hydrogens is 510 g/mol. The fraction of sp³-hybridized carbons (Fsp3) is 0.615. The molecule has 3 rings (SSSR count). The Morgan fingerprint density at radius 3 is 0.929 bits per heavy atom. The van der Waals surface area contributed by atoms with Crippen LogP contribution in [0.15, 0.2) is 55.2 Å². The van der Waals surface area contributed by atoms with Crippen molar-refractivity contribution in [3.05, 3.63) is 88.8 Å². The lowest BCUT2D eigenvalue weighted by Crippen LogP contribution is -2.23. The van der Waals surface area contributed by atoms with Crippen LogP contribution in [0.4, 0.5) is 0 Å². The first kappa shape index (κ1) is 37.5. The maximum Gasteiger partial charge on any atom is 0.0494 e. The predicted octanol–water partition coefficient (Wildman–Crippen LogP) is 11.0. The van der Waals surface area contributed by atoms with Gasteiger partial charge >= 0.3 is 0 Å². The van der Waals surface area contributed by atoms with Gasteiger partial charge in [-0.05, 0) is 73.1 Å². The van der Waals surface area contributed by atoms with Crippen LogP contribution in [-0.4, -0.2) is 15.0 Å². The molecular formula is C39H63N3. The minimum atomic E-state index is 0.129. The second-order valence-electron chi connectivity index (χ2n) is 17.7. The number of pyridine rings is 3. The lowest BCUT2D eigenvalue weighted by Gasteiger charge is -2.29. The highest BCUT2D eigenvalue weighted by Crippen LogP contribution is 2.34. The van der Waals surface area contributed by atoms with E-state index in [1.54, 1.807) is 0 Å². The van der Waals surface area contributed by atoms with E-state index in [1.807, 2.05) is 37.1 Å². The first-order valence-corrected chi connectivity index (χ1v) is 15.5. The first-order chi connectivity index (χ1) is 18.7. The maximum atomic E-state index is 4.52. The van der Waals surface area contributed by atoms with E-state index in [9.17, 15) is 0 Å². The van der Waals surface area contributed by atoms with Crippen molar-refractivity contribution in [1.82, 2.24) is 15.0 Å². The second-order valence-corrected chi connectivity index (χ2v) is 17.7. The third-order valence-corrected chi connectivity index (χ3v) is 7.20. The van der Waals surface area contributed by atoms with Crippen LogP contribution >= 0.6 is 0 Å². The maximum absolute atomic E-state index is 4.52. The molecule has 0 aliphatic carbocycles. The lowest BCUT2D eigenvalue weighted by atomic mass is 9.76. The Labute approximate surface area is 260 Å². The van der Waals surface area contributed by atoms with Gasteiger partial charge in [-0.2, -0.15) is 0 Å². The standard InChI is InChI=1S/3C13H21N/c2*1-12(2,3)10-7-8-14-9-11(10)13(4,5)6;1-12(2,3)10-8-7-9-14-11(10)13(4,5)6/h3*7-9H,1-6H3. The Bertz CT molecular complexity index is 1000. The van der Waals surface area contributed by atoms with E-state index in [0.717, 1.165) is 0 Å². The molecule has 0 aliphatic rings. The molecule has 0 aliphatic heterocycles. The van der Waals surface area contributed by atoms with Crippen LogP contribution in [0, 0.1) is 0 Å². The van der Waals surface area contributed by atoms with Gasteiger partial charge in [-0.25, -0.2) is 0 Å². The molecule has 0 fully saturated rings. The van der Waals surface area contributed by atoms with Gasteiger partial charge in [0.1, 0.15) is 0 Å². The summed E-state index contributed by atoms with van der Waals surface area (Å²) in [5, 5.41) is 0. The molecule has 3 heteroatoms. The summed E-state index contributed by atoms with van der Waals surface area (Å²) in [5.41, 5.74) is 9.14. The van der Waals surface area contributed by atoms with Crippen molar-refractivity contribution in [2.24, 2.45) is 0 Å². The summed E-state index contributed by atoms with van der Waals surface area (Å²) in [7, 11) is 0. The molecule has 0 radical (unpaired) electrons. The van der Waals surface area contributed by atoms with Crippen LogP contribution in [0.5, 0.6) is 0 Å². The molecule has 0 spiro atoms. The molecule has 0 bridgehead atoms. The van der Waals surface area contributed by atoms with Crippen molar-refractivity contribution in [3.8, 4) is 0 Å². The molecule has 0 saturated heterocycles. The van der Waals surface area contributed by atoms with E-state index < -0.39 is 0 Å². The molecule has 42 heavy (non-hydrogen) atoms. The van der Waals surface area contributed by atoms with Crippen LogP contribution in [0.3, 0.4) is 0 Å². The minimum Gasteiger partial charge on any atom is -0.264 e. The van der Waals surface area contributed by atoms with Crippen LogP contribution in [-0.2, 0) is 32.5 Å². The SMILES string of the molecule is CC(C)(C)c1cccnc1C(C)(C)C.CC(C)(C)c1ccncc1C(C)(C)C.CC(C)(C)c1ccncc1C(C)(C)C. The quantitative estimate of drug-likeness (QED) is 0.268. The Kier molecular flexibility index (Phi) is 12.0. The van der Waals surface area contributed by atoms with Crippen LogP contribution in [0.2, 0.25) is 0 Å². The van der Waals surface area contributed by atoms with E-state index in [2.05, 4.69) is 158 Å². The molecule has 3 heterocycles. The summed E-state index contributed by atoms with van der Waals surface area (Å²) >= 11 is 0. The van der Waals surface area contributed by atoms with E-state index >= 15 is 0 Å². The number of nitrogens with zero attached hydrogens (tertiary/aromatic N) is 3. The van der Waals surface area contributed by atoms with Crippen molar-refractivity contribution < 1.29 is 0 Å². The Balaban J connectivity index is 0.000000315. The third-order valence-electron chi connectivity index (χ3n) is 7.20. The van der Waals surface area contributed by atoms with Crippen LogP contribution < -0.4 is 0 Å². The second kappa shape index (κ2) is 13.4. The van der Waals surface area contributed by atoms with E-state index in [1.165, 1.54) is 33.5 Å². The molecule has 0 atom stereocenters. The Morgan fingerprint density at radius 2 is 0.690 bits per heavy atom. The van der Waals surface area contributed by atoms with Gasteiger partial charge in [-0.3, -0.25) is 15.0 Å². The molecule has 0 aromatic carbocycles. The molecule has 0 amide bonds. The van der Waals surface area contributed by atoms with Crippen molar-refractivity contribution >= 4 is 0 Å². The smallest absolute Gasteiger partial charge is 0.0494 e. The van der Waals surface area contributed by atoms with Crippen molar-refractivity contribution in [3.63, 3.8) is 0 Å². The molecule has 0 N–H and O–H groups in total. The van der Waals surface area contributed by atoms with Crippen molar-refractivity contribution in [2.45, 2.75) is 157 Å². The average molecular weight is 574 g/mol. The number of hydrogen-bond acceptors (Lipinski definition) is 3. The number of hydrogen-bond donors (Lipinski definition) is 0. The highest BCUT2D eigenvalue weighted by atomic mass is 14.7. The van der Waals surface area contributed by atoms with E-state index in [-0.39, 0.29) is 32.5 Å². The number of aromatic nitrogens is 3. The minimum absolute atomic E-state index is 0.129. The summed E-state index contributed by atoms with van der Waals surface area (Å²) in [5.74, 6) is 0. The zero-order chi connectivity index (χ0) is 32.9. The molecule has 0 unspecified atom stereocenters. The normalized spacial score (nSPS) is 13.0. The summed E-state index contributed by atoms with van der Waals surface area (Å²) < 4.78 is 0. The monoisotopic (exact) mass is 574 g/mol. The lowest BCUT2D eigenvalue weighted by molar-refractivity contribution is 0.514. The van der Waals surface area contributed by atoms with Crippen molar-refractivity contribution in [2.75, 3.05) is 0 Å². The van der Waals surface area contributed by atoms with Gasteiger partial charge in [0.25, 0.3) is 0 Å². The highest BCUT2D eigenvalue weighted by molar-refractivity contribution is 5.36. The van der Waals surface area contributed by atoms with Gasteiger partial charge in [0.05, 0.1) is 0 Å². The van der Waals surface area contributed by atoms with Crippen LogP contribution in [0.1, 0.15) is 158 Å². The van der Waals surface area contributed by atoms with Gasteiger partial charge < -0.3 is 0 Å². The Morgan fingerprint density at radius 1 is 0.357 bits per heavy atom. The third kappa shape index (κ3) is 11.3. The Hall–Kier alpha value is -2.55. The molecule has 234 valence electrons.